The lowest BCUT2D eigenvalue weighted by Crippen LogP contribution is -1.98. The Morgan fingerprint density at radius 1 is 0.941 bits per heavy atom. The van der Waals surface area contributed by atoms with Crippen molar-refractivity contribution in [3.8, 4) is 5.75 Å². The van der Waals surface area contributed by atoms with Gasteiger partial charge >= 0.3 is 0 Å². The molecule has 0 fully saturated rings. The molecule has 0 aromatic heterocycles. The first-order valence-electron chi connectivity index (χ1n) is 6.11. The Bertz CT molecular complexity index is 306. The van der Waals surface area contributed by atoms with Gasteiger partial charge in [0.05, 0.1) is 16.7 Å². The molecule has 0 aliphatic carbocycles. The average molecular weight is 274 g/mol. The number of ether oxygens (including phenoxy) is 1. The maximum absolute atomic E-state index is 5.99. The van der Waals surface area contributed by atoms with Crippen LogP contribution in [0, 0.1) is 6.92 Å². The molecule has 0 unspecified atom stereocenters. The zero-order valence-corrected chi connectivity index (χ0v) is 11.6. The molecule has 0 bridgehead atoms. The lowest BCUT2D eigenvalue weighted by molar-refractivity contribution is 0.305. The van der Waals surface area contributed by atoms with Crippen molar-refractivity contribution in [1.82, 2.24) is 0 Å². The third-order valence-electron chi connectivity index (χ3n) is 2.56. The number of unbranched alkanes of at least 4 members (excludes halogenated alkanes) is 5. The molecule has 0 saturated carbocycles. The Morgan fingerprint density at radius 3 is 2.18 bits per heavy atom. The SMILES string of the molecule is [CH2]CCCCCCCOc1c(Cl)cccc1Cl. The smallest absolute Gasteiger partial charge is 0.156 e. The van der Waals surface area contributed by atoms with Crippen molar-refractivity contribution in [2.45, 2.75) is 38.5 Å². The Balaban J connectivity index is 2.18. The molecule has 0 heterocycles. The molecule has 1 radical (unpaired) electrons. The highest BCUT2D eigenvalue weighted by Crippen LogP contribution is 2.32. The minimum atomic E-state index is 0.578. The van der Waals surface area contributed by atoms with Crippen molar-refractivity contribution < 1.29 is 4.74 Å². The van der Waals surface area contributed by atoms with Crippen LogP contribution >= 0.6 is 23.2 Å². The molecule has 0 N–H and O–H groups in total. The van der Waals surface area contributed by atoms with Crippen LogP contribution in [-0.4, -0.2) is 6.61 Å². The molecule has 0 spiro atoms. The second-order valence-electron chi connectivity index (χ2n) is 4.02. The zero-order chi connectivity index (χ0) is 12.5. The molecule has 0 saturated heterocycles. The summed E-state index contributed by atoms with van der Waals surface area (Å²) in [5.41, 5.74) is 0. The van der Waals surface area contributed by atoms with E-state index in [1.165, 1.54) is 25.7 Å². The second-order valence-corrected chi connectivity index (χ2v) is 4.83. The number of halogens is 2. The van der Waals surface area contributed by atoms with Crippen LogP contribution in [-0.2, 0) is 0 Å². The summed E-state index contributed by atoms with van der Waals surface area (Å²) >= 11 is 12.0. The molecule has 0 atom stereocenters. The van der Waals surface area contributed by atoms with Gasteiger partial charge in [-0.15, -0.1) is 0 Å². The third-order valence-corrected chi connectivity index (χ3v) is 3.15. The van der Waals surface area contributed by atoms with E-state index in [0.717, 1.165) is 12.8 Å². The van der Waals surface area contributed by atoms with Crippen LogP contribution in [0.3, 0.4) is 0 Å². The van der Waals surface area contributed by atoms with Crippen molar-refractivity contribution in [2.24, 2.45) is 0 Å². The van der Waals surface area contributed by atoms with Crippen molar-refractivity contribution >= 4 is 23.2 Å². The highest BCUT2D eigenvalue weighted by atomic mass is 35.5. The van der Waals surface area contributed by atoms with Gasteiger partial charge in [-0.3, -0.25) is 0 Å². The highest BCUT2D eigenvalue weighted by molar-refractivity contribution is 6.37. The maximum atomic E-state index is 5.99. The lowest BCUT2D eigenvalue weighted by Gasteiger charge is -2.09. The van der Waals surface area contributed by atoms with Gasteiger partial charge in [0.2, 0.25) is 0 Å². The van der Waals surface area contributed by atoms with E-state index < -0.39 is 0 Å². The predicted molar refractivity (Wildman–Crippen MR) is 75.0 cm³/mol. The van der Waals surface area contributed by atoms with Crippen LogP contribution in [0.4, 0.5) is 0 Å². The fraction of sp³-hybridized carbons (Fsp3) is 0.500. The van der Waals surface area contributed by atoms with Crippen molar-refractivity contribution in [3.63, 3.8) is 0 Å². The van der Waals surface area contributed by atoms with E-state index in [1.54, 1.807) is 12.1 Å². The number of hydrogen-bond donors (Lipinski definition) is 0. The van der Waals surface area contributed by atoms with E-state index in [9.17, 15) is 0 Å². The summed E-state index contributed by atoms with van der Waals surface area (Å²) in [4.78, 5) is 0. The first-order valence-corrected chi connectivity index (χ1v) is 6.87. The molecule has 95 valence electrons. The summed E-state index contributed by atoms with van der Waals surface area (Å²) in [5.74, 6) is 0.605. The molecule has 17 heavy (non-hydrogen) atoms. The second kappa shape index (κ2) is 8.66. The van der Waals surface area contributed by atoms with E-state index in [0.29, 0.717) is 22.4 Å². The molecule has 1 aromatic carbocycles. The van der Waals surface area contributed by atoms with E-state index in [-0.39, 0.29) is 0 Å². The first-order chi connectivity index (χ1) is 8.25. The monoisotopic (exact) mass is 273 g/mol. The summed E-state index contributed by atoms with van der Waals surface area (Å²) in [6.45, 7) is 4.50. The first kappa shape index (κ1) is 14.7. The average Bonchev–Trinajstić information content (AvgIpc) is 2.31. The molecular weight excluding hydrogens is 255 g/mol. The number of para-hydroxylation sites is 1. The van der Waals surface area contributed by atoms with E-state index in [2.05, 4.69) is 6.92 Å². The van der Waals surface area contributed by atoms with E-state index in [4.69, 9.17) is 27.9 Å². The van der Waals surface area contributed by atoms with Crippen molar-refractivity contribution in [2.75, 3.05) is 6.61 Å². The summed E-state index contributed by atoms with van der Waals surface area (Å²) in [6, 6.07) is 5.39. The summed E-state index contributed by atoms with van der Waals surface area (Å²) < 4.78 is 5.60. The normalized spacial score (nSPS) is 10.5. The zero-order valence-electron chi connectivity index (χ0n) is 10.1. The van der Waals surface area contributed by atoms with Crippen LogP contribution in [0.2, 0.25) is 10.0 Å². The van der Waals surface area contributed by atoms with Crippen LogP contribution in [0.25, 0.3) is 0 Å². The minimum Gasteiger partial charge on any atom is -0.490 e. The minimum absolute atomic E-state index is 0.578. The molecule has 1 aromatic rings. The van der Waals surface area contributed by atoms with Crippen LogP contribution in [0.15, 0.2) is 18.2 Å². The quantitative estimate of drug-likeness (QED) is 0.565. The molecule has 1 rings (SSSR count). The van der Waals surface area contributed by atoms with Crippen molar-refractivity contribution in [1.29, 1.82) is 0 Å². The standard InChI is InChI=1S/C14H19Cl2O/c1-2-3-4-5-6-7-11-17-14-12(15)9-8-10-13(14)16/h8-10H,1-7,11H2. The topological polar surface area (TPSA) is 9.23 Å². The fourth-order valence-electron chi connectivity index (χ4n) is 1.60. The Hall–Kier alpha value is -0.400. The number of benzene rings is 1. The van der Waals surface area contributed by atoms with Gasteiger partial charge in [-0.05, 0) is 18.6 Å². The van der Waals surface area contributed by atoms with Crippen LogP contribution in [0.5, 0.6) is 5.75 Å². The summed E-state index contributed by atoms with van der Waals surface area (Å²) in [6.07, 6.45) is 6.98. The number of rotatable bonds is 8. The molecule has 0 amide bonds. The van der Waals surface area contributed by atoms with Gasteiger partial charge in [-0.1, -0.05) is 68.3 Å². The molecular formula is C14H19Cl2O. The molecule has 0 aliphatic heterocycles. The van der Waals surface area contributed by atoms with Gasteiger partial charge in [0.15, 0.2) is 5.75 Å². The molecule has 3 heteroatoms. The van der Waals surface area contributed by atoms with Gasteiger partial charge in [0.25, 0.3) is 0 Å². The Kier molecular flexibility index (Phi) is 7.46. The van der Waals surface area contributed by atoms with Gasteiger partial charge in [-0.25, -0.2) is 0 Å². The molecule has 0 aliphatic rings. The lowest BCUT2D eigenvalue weighted by atomic mass is 10.1. The predicted octanol–water partition coefficient (Wildman–Crippen LogP) is 5.55. The van der Waals surface area contributed by atoms with Gasteiger partial charge in [0, 0.05) is 0 Å². The summed E-state index contributed by atoms with van der Waals surface area (Å²) in [5, 5.41) is 1.16. The van der Waals surface area contributed by atoms with Crippen LogP contribution < -0.4 is 4.74 Å². The van der Waals surface area contributed by atoms with Gasteiger partial charge in [0.1, 0.15) is 0 Å². The highest BCUT2D eigenvalue weighted by Gasteiger charge is 2.05. The van der Waals surface area contributed by atoms with Crippen molar-refractivity contribution in [3.05, 3.63) is 35.2 Å². The molecule has 1 nitrogen and oxygen atoms in total. The Morgan fingerprint density at radius 2 is 1.53 bits per heavy atom. The summed E-state index contributed by atoms with van der Waals surface area (Å²) in [7, 11) is 0. The largest absolute Gasteiger partial charge is 0.490 e. The fourth-order valence-corrected chi connectivity index (χ4v) is 2.11. The van der Waals surface area contributed by atoms with Gasteiger partial charge in [-0.2, -0.15) is 0 Å². The van der Waals surface area contributed by atoms with Crippen LogP contribution in [0.1, 0.15) is 38.5 Å². The Labute approximate surface area is 114 Å². The third kappa shape index (κ3) is 5.65. The number of hydrogen-bond acceptors (Lipinski definition) is 1. The van der Waals surface area contributed by atoms with Gasteiger partial charge < -0.3 is 4.74 Å². The van der Waals surface area contributed by atoms with E-state index in [1.807, 2.05) is 6.07 Å². The maximum Gasteiger partial charge on any atom is 0.156 e. The van der Waals surface area contributed by atoms with E-state index >= 15 is 0 Å².